The van der Waals surface area contributed by atoms with Crippen molar-refractivity contribution in [3.05, 3.63) is 0 Å². The van der Waals surface area contributed by atoms with Crippen molar-refractivity contribution in [2.24, 2.45) is 11.8 Å². The number of aliphatic hydroxyl groups is 1. The van der Waals surface area contributed by atoms with Gasteiger partial charge in [-0.15, -0.1) is 0 Å². The number of carbonyl (C=O) groups is 1. The molecule has 0 radical (unpaired) electrons. The molecule has 3 nitrogen and oxygen atoms in total. The maximum absolute atomic E-state index is 11.6. The summed E-state index contributed by atoms with van der Waals surface area (Å²) in [6, 6.07) is 0. The van der Waals surface area contributed by atoms with E-state index in [0.29, 0.717) is 6.54 Å². The summed E-state index contributed by atoms with van der Waals surface area (Å²) in [5, 5.41) is 10.1. The first-order valence-corrected chi connectivity index (χ1v) is 4.38. The van der Waals surface area contributed by atoms with E-state index in [1.54, 1.807) is 11.9 Å². The summed E-state index contributed by atoms with van der Waals surface area (Å²) in [4.78, 5) is 13.2. The Morgan fingerprint density at radius 1 is 1.67 bits per heavy atom. The van der Waals surface area contributed by atoms with Crippen LogP contribution in [0.4, 0.5) is 0 Å². The highest BCUT2D eigenvalue weighted by molar-refractivity contribution is 5.87. The third-order valence-electron chi connectivity index (χ3n) is 2.87. The number of amides is 1. The lowest BCUT2D eigenvalue weighted by Crippen LogP contribution is -2.46. The number of rotatable bonds is 1. The lowest BCUT2D eigenvalue weighted by atomic mass is 9.82. The van der Waals surface area contributed by atoms with E-state index < -0.39 is 5.60 Å². The molecule has 1 aliphatic heterocycles. The second kappa shape index (κ2) is 2.73. The highest BCUT2D eigenvalue weighted by Crippen LogP contribution is 2.33. The van der Waals surface area contributed by atoms with E-state index in [1.807, 2.05) is 20.8 Å². The molecule has 1 heterocycles. The molecule has 1 aliphatic rings. The van der Waals surface area contributed by atoms with Gasteiger partial charge in [-0.1, -0.05) is 20.8 Å². The number of hydrogen-bond donors (Lipinski definition) is 1. The Labute approximate surface area is 73.4 Å². The van der Waals surface area contributed by atoms with Gasteiger partial charge < -0.3 is 10.0 Å². The van der Waals surface area contributed by atoms with Gasteiger partial charge in [0.05, 0.1) is 0 Å². The SMILES string of the molecule is CC(C)[C@]1(O)C(=O)N(C)CC1C. The molecule has 0 saturated carbocycles. The molecule has 1 unspecified atom stereocenters. The maximum atomic E-state index is 11.6. The largest absolute Gasteiger partial charge is 0.379 e. The Kier molecular flexibility index (Phi) is 2.17. The zero-order chi connectivity index (χ0) is 9.52. The van der Waals surface area contributed by atoms with Crippen molar-refractivity contribution in [3.8, 4) is 0 Å². The molecule has 2 atom stereocenters. The number of likely N-dealkylation sites (tertiary alicyclic amines) is 1. The molecule has 1 rings (SSSR count). The molecule has 1 amide bonds. The first-order valence-electron chi connectivity index (χ1n) is 4.38. The molecule has 0 aromatic rings. The van der Waals surface area contributed by atoms with Crippen molar-refractivity contribution in [3.63, 3.8) is 0 Å². The van der Waals surface area contributed by atoms with Crippen LogP contribution < -0.4 is 0 Å². The van der Waals surface area contributed by atoms with Crippen LogP contribution in [0.3, 0.4) is 0 Å². The first kappa shape index (κ1) is 9.52. The van der Waals surface area contributed by atoms with Gasteiger partial charge in [0.2, 0.25) is 0 Å². The van der Waals surface area contributed by atoms with E-state index in [2.05, 4.69) is 0 Å². The van der Waals surface area contributed by atoms with Crippen LogP contribution >= 0.6 is 0 Å². The van der Waals surface area contributed by atoms with E-state index >= 15 is 0 Å². The molecule has 0 aromatic carbocycles. The van der Waals surface area contributed by atoms with Crippen LogP contribution in [-0.2, 0) is 4.79 Å². The predicted octanol–water partition coefficient (Wildman–Crippen LogP) is 0.482. The standard InChI is InChI=1S/C9H17NO2/c1-6(2)9(12)7(3)5-10(4)8(9)11/h6-7,12H,5H2,1-4H3/t7?,9-/m1/s1. The summed E-state index contributed by atoms with van der Waals surface area (Å²) in [6.07, 6.45) is 0. The summed E-state index contributed by atoms with van der Waals surface area (Å²) in [7, 11) is 1.74. The van der Waals surface area contributed by atoms with Crippen LogP contribution in [0.25, 0.3) is 0 Å². The molecule has 3 heteroatoms. The Balaban J connectivity index is 2.96. The zero-order valence-corrected chi connectivity index (χ0v) is 8.16. The van der Waals surface area contributed by atoms with Gasteiger partial charge in [0, 0.05) is 19.5 Å². The van der Waals surface area contributed by atoms with Gasteiger partial charge in [0.25, 0.3) is 5.91 Å². The lowest BCUT2D eigenvalue weighted by Gasteiger charge is -2.28. The first-order chi connectivity index (χ1) is 5.40. The van der Waals surface area contributed by atoms with Crippen LogP contribution in [0.2, 0.25) is 0 Å². The minimum Gasteiger partial charge on any atom is -0.379 e. The van der Waals surface area contributed by atoms with E-state index in [4.69, 9.17) is 0 Å². The van der Waals surface area contributed by atoms with Crippen LogP contribution in [-0.4, -0.2) is 35.1 Å². The monoisotopic (exact) mass is 171 g/mol. The fourth-order valence-corrected chi connectivity index (χ4v) is 1.97. The van der Waals surface area contributed by atoms with Crippen molar-refractivity contribution in [1.29, 1.82) is 0 Å². The normalized spacial score (nSPS) is 36.7. The summed E-state index contributed by atoms with van der Waals surface area (Å²) in [6.45, 7) is 6.34. The van der Waals surface area contributed by atoms with Gasteiger partial charge >= 0.3 is 0 Å². The molecule has 0 aromatic heterocycles. The highest BCUT2D eigenvalue weighted by atomic mass is 16.3. The van der Waals surface area contributed by atoms with Crippen LogP contribution in [0.5, 0.6) is 0 Å². The fraction of sp³-hybridized carbons (Fsp3) is 0.889. The third-order valence-corrected chi connectivity index (χ3v) is 2.87. The molecule has 1 N–H and O–H groups in total. The van der Waals surface area contributed by atoms with Crippen LogP contribution in [0, 0.1) is 11.8 Å². The molecule has 12 heavy (non-hydrogen) atoms. The van der Waals surface area contributed by atoms with Gasteiger partial charge in [0.1, 0.15) is 5.60 Å². The second-order valence-electron chi connectivity index (χ2n) is 4.07. The van der Waals surface area contributed by atoms with Crippen molar-refractivity contribution in [2.75, 3.05) is 13.6 Å². The van der Waals surface area contributed by atoms with Gasteiger partial charge in [-0.05, 0) is 5.92 Å². The van der Waals surface area contributed by atoms with Crippen molar-refractivity contribution < 1.29 is 9.90 Å². The Morgan fingerprint density at radius 3 is 2.33 bits per heavy atom. The molecule has 1 saturated heterocycles. The molecule has 1 fully saturated rings. The van der Waals surface area contributed by atoms with Gasteiger partial charge in [-0.25, -0.2) is 0 Å². The molecular weight excluding hydrogens is 154 g/mol. The Hall–Kier alpha value is -0.570. The van der Waals surface area contributed by atoms with E-state index in [1.165, 1.54) is 0 Å². The summed E-state index contributed by atoms with van der Waals surface area (Å²) in [5.41, 5.74) is -1.13. The second-order valence-corrected chi connectivity index (χ2v) is 4.07. The van der Waals surface area contributed by atoms with E-state index in [-0.39, 0.29) is 17.7 Å². The maximum Gasteiger partial charge on any atom is 0.254 e. The predicted molar refractivity (Wildman–Crippen MR) is 46.6 cm³/mol. The van der Waals surface area contributed by atoms with E-state index in [9.17, 15) is 9.90 Å². The van der Waals surface area contributed by atoms with Crippen LogP contribution in [0.15, 0.2) is 0 Å². The van der Waals surface area contributed by atoms with E-state index in [0.717, 1.165) is 0 Å². The lowest BCUT2D eigenvalue weighted by molar-refractivity contribution is -0.148. The number of likely N-dealkylation sites (N-methyl/N-ethyl adjacent to an activating group) is 1. The molecule has 0 bridgehead atoms. The quantitative estimate of drug-likeness (QED) is 0.623. The average Bonchev–Trinajstić information content (AvgIpc) is 2.16. The number of hydrogen-bond acceptors (Lipinski definition) is 2. The fourth-order valence-electron chi connectivity index (χ4n) is 1.97. The van der Waals surface area contributed by atoms with Gasteiger partial charge in [0.15, 0.2) is 0 Å². The van der Waals surface area contributed by atoms with Crippen LogP contribution in [0.1, 0.15) is 20.8 Å². The molecule has 0 spiro atoms. The third kappa shape index (κ3) is 1.04. The average molecular weight is 171 g/mol. The molecule has 0 aliphatic carbocycles. The number of nitrogens with zero attached hydrogens (tertiary/aromatic N) is 1. The van der Waals surface area contributed by atoms with Gasteiger partial charge in [-0.3, -0.25) is 4.79 Å². The van der Waals surface area contributed by atoms with Crippen molar-refractivity contribution >= 4 is 5.91 Å². The topological polar surface area (TPSA) is 40.5 Å². The van der Waals surface area contributed by atoms with Crippen molar-refractivity contribution in [2.45, 2.75) is 26.4 Å². The summed E-state index contributed by atoms with van der Waals surface area (Å²) in [5.74, 6) is -0.107. The highest BCUT2D eigenvalue weighted by Gasteiger charge is 2.51. The summed E-state index contributed by atoms with van der Waals surface area (Å²) >= 11 is 0. The van der Waals surface area contributed by atoms with Crippen molar-refractivity contribution in [1.82, 2.24) is 4.90 Å². The smallest absolute Gasteiger partial charge is 0.254 e. The minimum absolute atomic E-state index is 0.00931. The number of carbonyl (C=O) groups excluding carboxylic acids is 1. The molecule has 70 valence electrons. The summed E-state index contributed by atoms with van der Waals surface area (Å²) < 4.78 is 0. The molecular formula is C9H17NO2. The zero-order valence-electron chi connectivity index (χ0n) is 8.16. The van der Waals surface area contributed by atoms with Gasteiger partial charge in [-0.2, -0.15) is 0 Å². The minimum atomic E-state index is -1.13. The Bertz CT molecular complexity index is 203. The Morgan fingerprint density at radius 2 is 2.17 bits per heavy atom.